The van der Waals surface area contributed by atoms with Gasteiger partial charge in [0.2, 0.25) is 0 Å². The van der Waals surface area contributed by atoms with E-state index < -0.39 is 22.6 Å². The van der Waals surface area contributed by atoms with Crippen LogP contribution in [0.1, 0.15) is 40.5 Å². The number of carbonyl (C=O) groups excluding carboxylic acids is 2. The Morgan fingerprint density at radius 2 is 1.17 bits per heavy atom. The molecule has 2 amide bonds. The van der Waals surface area contributed by atoms with Crippen LogP contribution in [0.25, 0.3) is 0 Å². The highest BCUT2D eigenvalue weighted by Crippen LogP contribution is 2.24. The lowest BCUT2D eigenvalue weighted by molar-refractivity contribution is -0.130. The van der Waals surface area contributed by atoms with Crippen LogP contribution < -0.4 is 0 Å². The Bertz CT molecular complexity index is 408. The van der Waals surface area contributed by atoms with Gasteiger partial charge in [0, 0.05) is 12.8 Å². The van der Waals surface area contributed by atoms with Crippen LogP contribution in [0.3, 0.4) is 0 Å². The molecule has 96 valence electrons. The molecule has 0 aliphatic heterocycles. The van der Waals surface area contributed by atoms with Crippen molar-refractivity contribution in [3.05, 3.63) is 0 Å². The quantitative estimate of drug-likeness (QED) is 0.711. The Kier molecular flexibility index (Phi) is 5.32. The molecular formula is C12H16N4O2. The number of rotatable bonds is 4. The first-order valence-corrected chi connectivity index (χ1v) is 5.42. The zero-order valence-electron chi connectivity index (χ0n) is 11.0. The highest BCUT2D eigenvalue weighted by molar-refractivity contribution is 5.87. The number of carbonyl (C=O) groups is 2. The van der Waals surface area contributed by atoms with Gasteiger partial charge in [-0.25, -0.2) is 0 Å². The minimum atomic E-state index is -0.960. The van der Waals surface area contributed by atoms with Crippen molar-refractivity contribution < 1.29 is 9.59 Å². The van der Waals surface area contributed by atoms with E-state index in [2.05, 4.69) is 10.2 Å². The molecule has 0 bridgehead atoms. The van der Waals surface area contributed by atoms with E-state index in [1.807, 2.05) is 12.1 Å². The lowest BCUT2D eigenvalue weighted by Gasteiger charge is -2.16. The average Bonchev–Trinajstić information content (AvgIpc) is 2.24. The molecule has 18 heavy (non-hydrogen) atoms. The fourth-order valence-corrected chi connectivity index (χ4v) is 0.908. The lowest BCUT2D eigenvalue weighted by Crippen LogP contribution is -2.24. The van der Waals surface area contributed by atoms with E-state index in [0.29, 0.717) is 0 Å². The number of nitrogens with zero attached hydrogens (tertiary/aromatic N) is 4. The summed E-state index contributed by atoms with van der Waals surface area (Å²) in [7, 11) is 0. The van der Waals surface area contributed by atoms with Crippen molar-refractivity contribution in [1.82, 2.24) is 0 Å². The lowest BCUT2D eigenvalue weighted by atomic mass is 9.89. The van der Waals surface area contributed by atoms with E-state index in [1.165, 1.54) is 0 Å². The Balaban J connectivity index is 4.79. The maximum atomic E-state index is 11.6. The van der Waals surface area contributed by atoms with Gasteiger partial charge in [-0.2, -0.15) is 10.5 Å². The molecular weight excluding hydrogens is 232 g/mol. The highest BCUT2D eigenvalue weighted by atomic mass is 16.2. The van der Waals surface area contributed by atoms with Crippen LogP contribution in [0.5, 0.6) is 0 Å². The van der Waals surface area contributed by atoms with Gasteiger partial charge in [0.25, 0.3) is 11.8 Å². The Hall–Kier alpha value is -2.08. The Labute approximate surface area is 106 Å². The SMILES string of the molecule is CC(C)(CC#N)C(=O)/N=N\C(=O)C(C)(C)CC#N. The highest BCUT2D eigenvalue weighted by Gasteiger charge is 2.30. The zero-order chi connectivity index (χ0) is 14.4. The second kappa shape index (κ2) is 6.02. The molecule has 6 nitrogen and oxygen atoms in total. The normalized spacial score (nSPS) is 11.9. The maximum absolute atomic E-state index is 11.6. The van der Waals surface area contributed by atoms with Gasteiger partial charge in [-0.1, -0.05) is 0 Å². The molecule has 0 N–H and O–H groups in total. The van der Waals surface area contributed by atoms with Crippen molar-refractivity contribution in [2.45, 2.75) is 40.5 Å². The predicted molar refractivity (Wildman–Crippen MR) is 62.9 cm³/mol. The van der Waals surface area contributed by atoms with E-state index in [0.717, 1.165) is 0 Å². The summed E-state index contributed by atoms with van der Waals surface area (Å²) in [5, 5.41) is 23.8. The van der Waals surface area contributed by atoms with Crippen molar-refractivity contribution >= 4 is 11.8 Å². The number of nitriles is 2. The van der Waals surface area contributed by atoms with E-state index in [4.69, 9.17) is 10.5 Å². The first kappa shape index (κ1) is 15.9. The molecule has 0 spiro atoms. The Morgan fingerprint density at radius 3 is 1.39 bits per heavy atom. The molecule has 0 heterocycles. The molecule has 0 rings (SSSR count). The third-order valence-corrected chi connectivity index (χ3v) is 2.43. The van der Waals surface area contributed by atoms with Crippen LogP contribution in [0.15, 0.2) is 10.2 Å². The van der Waals surface area contributed by atoms with Gasteiger partial charge in [-0.15, -0.1) is 10.2 Å². The van der Waals surface area contributed by atoms with E-state index in [1.54, 1.807) is 27.7 Å². The average molecular weight is 248 g/mol. The molecule has 0 saturated heterocycles. The number of hydrogen-bond acceptors (Lipinski definition) is 4. The number of hydrogen-bond donors (Lipinski definition) is 0. The molecule has 0 radical (unpaired) electrons. The van der Waals surface area contributed by atoms with Crippen LogP contribution in [0.4, 0.5) is 0 Å². The topological polar surface area (TPSA) is 106 Å². The smallest absolute Gasteiger partial charge is 0.270 e. The summed E-state index contributed by atoms with van der Waals surface area (Å²) in [6.07, 6.45) is 0.00125. The van der Waals surface area contributed by atoms with Crippen LogP contribution >= 0.6 is 0 Å². The van der Waals surface area contributed by atoms with Gasteiger partial charge in [0.1, 0.15) is 0 Å². The van der Waals surface area contributed by atoms with E-state index >= 15 is 0 Å². The fourth-order valence-electron chi connectivity index (χ4n) is 0.908. The molecule has 0 aliphatic rings. The summed E-state index contributed by atoms with van der Waals surface area (Å²) in [6.45, 7) is 6.23. The third kappa shape index (κ3) is 4.42. The minimum Gasteiger partial charge on any atom is -0.270 e. The standard InChI is InChI=1S/C12H16N4O2/c1-11(2,5-7-13)9(17)15-16-10(18)12(3,4)6-8-14/h5-6H2,1-4H3/b16-15-. The molecule has 0 atom stereocenters. The molecule has 0 aliphatic carbocycles. The monoisotopic (exact) mass is 248 g/mol. The molecule has 0 saturated carbocycles. The maximum Gasteiger partial charge on any atom is 0.271 e. The first-order valence-electron chi connectivity index (χ1n) is 5.42. The van der Waals surface area contributed by atoms with Crippen molar-refractivity contribution in [2.24, 2.45) is 21.1 Å². The molecule has 0 aromatic heterocycles. The van der Waals surface area contributed by atoms with Crippen LogP contribution in [-0.4, -0.2) is 11.8 Å². The van der Waals surface area contributed by atoms with Crippen LogP contribution in [0, 0.1) is 33.5 Å². The second-order valence-corrected chi connectivity index (χ2v) is 5.25. The Morgan fingerprint density at radius 1 is 0.889 bits per heavy atom. The van der Waals surface area contributed by atoms with Crippen LogP contribution in [-0.2, 0) is 9.59 Å². The third-order valence-electron chi connectivity index (χ3n) is 2.43. The van der Waals surface area contributed by atoms with Crippen molar-refractivity contribution in [1.29, 1.82) is 10.5 Å². The van der Waals surface area contributed by atoms with Gasteiger partial charge in [0.05, 0.1) is 23.0 Å². The largest absolute Gasteiger partial charge is 0.271 e. The fraction of sp³-hybridized carbons (Fsp3) is 0.667. The molecule has 0 aromatic carbocycles. The predicted octanol–water partition coefficient (Wildman–Crippen LogP) is 2.37. The van der Waals surface area contributed by atoms with Gasteiger partial charge in [-0.05, 0) is 27.7 Å². The van der Waals surface area contributed by atoms with E-state index in [-0.39, 0.29) is 12.8 Å². The summed E-state index contributed by atoms with van der Waals surface area (Å²) in [6, 6.07) is 3.75. The van der Waals surface area contributed by atoms with Crippen molar-refractivity contribution in [3.8, 4) is 12.1 Å². The molecule has 0 unspecified atom stereocenters. The van der Waals surface area contributed by atoms with Crippen molar-refractivity contribution in [3.63, 3.8) is 0 Å². The summed E-state index contributed by atoms with van der Waals surface area (Å²) in [5.41, 5.74) is -1.92. The summed E-state index contributed by atoms with van der Waals surface area (Å²) >= 11 is 0. The summed E-state index contributed by atoms with van der Waals surface area (Å²) in [5.74, 6) is -1.24. The van der Waals surface area contributed by atoms with Crippen LogP contribution in [0.2, 0.25) is 0 Å². The van der Waals surface area contributed by atoms with Gasteiger partial charge in [-0.3, -0.25) is 9.59 Å². The minimum absolute atomic E-state index is 0.000627. The number of azo groups is 1. The summed E-state index contributed by atoms with van der Waals surface area (Å²) in [4.78, 5) is 23.2. The van der Waals surface area contributed by atoms with Gasteiger partial charge < -0.3 is 0 Å². The van der Waals surface area contributed by atoms with Gasteiger partial charge >= 0.3 is 0 Å². The van der Waals surface area contributed by atoms with Gasteiger partial charge in [0.15, 0.2) is 0 Å². The molecule has 0 fully saturated rings. The van der Waals surface area contributed by atoms with Crippen molar-refractivity contribution in [2.75, 3.05) is 0 Å². The summed E-state index contributed by atoms with van der Waals surface area (Å²) < 4.78 is 0. The first-order chi connectivity index (χ1) is 8.17. The molecule has 0 aromatic rings. The number of amides is 2. The molecule has 6 heteroatoms. The second-order valence-electron chi connectivity index (χ2n) is 5.25. The van der Waals surface area contributed by atoms with E-state index in [9.17, 15) is 9.59 Å². The zero-order valence-corrected chi connectivity index (χ0v) is 11.0.